The maximum absolute atomic E-state index is 11.5. The van der Waals surface area contributed by atoms with E-state index in [1.54, 1.807) is 47.1 Å². The number of nitrogens with two attached hydrogens (primary N) is 1. The van der Waals surface area contributed by atoms with Crippen LogP contribution in [-0.4, -0.2) is 20.3 Å². The van der Waals surface area contributed by atoms with E-state index in [1.807, 2.05) is 0 Å². The van der Waals surface area contributed by atoms with Crippen LogP contribution < -0.4 is 11.3 Å². The molecule has 6 heteroatoms. The third-order valence-corrected chi connectivity index (χ3v) is 3.28. The van der Waals surface area contributed by atoms with Gasteiger partial charge in [-0.15, -0.1) is 0 Å². The van der Waals surface area contributed by atoms with E-state index >= 15 is 0 Å². The number of hydrogen-bond donors (Lipinski definition) is 1. The minimum absolute atomic E-state index is 0.0230. The van der Waals surface area contributed by atoms with Gasteiger partial charge in [0.15, 0.2) is 5.16 Å². The van der Waals surface area contributed by atoms with Crippen molar-refractivity contribution in [2.45, 2.75) is 18.1 Å². The number of nitrogen functional groups attached to an aromatic ring is 1. The molecule has 0 amide bonds. The van der Waals surface area contributed by atoms with Crippen molar-refractivity contribution in [2.75, 3.05) is 11.5 Å². The average Bonchev–Trinajstić information content (AvgIpc) is 2.40. The van der Waals surface area contributed by atoms with Gasteiger partial charge in [0, 0.05) is 42.6 Å². The third-order valence-electron chi connectivity index (χ3n) is 2.32. The number of pyridine rings is 1. The summed E-state index contributed by atoms with van der Waals surface area (Å²) in [7, 11) is 0. The van der Waals surface area contributed by atoms with Crippen molar-refractivity contribution in [3.8, 4) is 0 Å². The maximum atomic E-state index is 11.5. The molecule has 0 spiro atoms. The summed E-state index contributed by atoms with van der Waals surface area (Å²) in [6, 6.07) is 4.89. The lowest BCUT2D eigenvalue weighted by Gasteiger charge is -2.05. The highest BCUT2D eigenvalue weighted by atomic mass is 32.2. The van der Waals surface area contributed by atoms with Crippen molar-refractivity contribution in [3.63, 3.8) is 0 Å². The Bertz CT molecular complexity index is 556. The first-order chi connectivity index (χ1) is 8.75. The lowest BCUT2D eigenvalue weighted by atomic mass is 10.4. The van der Waals surface area contributed by atoms with E-state index in [0.29, 0.717) is 12.2 Å². The second kappa shape index (κ2) is 6.20. The molecule has 0 fully saturated rings. The highest BCUT2D eigenvalue weighted by Gasteiger charge is 1.98. The van der Waals surface area contributed by atoms with Crippen LogP contribution in [0.5, 0.6) is 0 Å². The van der Waals surface area contributed by atoms with E-state index in [2.05, 4.69) is 9.97 Å². The molecule has 18 heavy (non-hydrogen) atoms. The Balaban J connectivity index is 1.82. The van der Waals surface area contributed by atoms with Crippen LogP contribution in [0.2, 0.25) is 0 Å². The lowest BCUT2D eigenvalue weighted by Crippen LogP contribution is -2.19. The van der Waals surface area contributed by atoms with Crippen molar-refractivity contribution in [1.29, 1.82) is 0 Å². The minimum atomic E-state index is -0.0230. The Labute approximate surface area is 109 Å². The number of hydrogen-bond acceptors (Lipinski definition) is 5. The molecular weight excluding hydrogens is 248 g/mol. The molecule has 0 aliphatic rings. The van der Waals surface area contributed by atoms with Crippen LogP contribution in [0.4, 0.5) is 5.69 Å². The zero-order valence-electron chi connectivity index (χ0n) is 9.82. The van der Waals surface area contributed by atoms with E-state index < -0.39 is 0 Å². The van der Waals surface area contributed by atoms with E-state index in [0.717, 1.165) is 17.3 Å². The number of thioether (sulfide) groups is 1. The molecule has 0 aromatic carbocycles. The van der Waals surface area contributed by atoms with Gasteiger partial charge in [-0.25, -0.2) is 9.97 Å². The maximum Gasteiger partial charge on any atom is 0.250 e. The second-order valence-electron chi connectivity index (χ2n) is 3.73. The van der Waals surface area contributed by atoms with Crippen molar-refractivity contribution < 1.29 is 0 Å². The molecule has 0 aliphatic carbocycles. The molecule has 0 radical (unpaired) electrons. The Morgan fingerprint density at radius 3 is 2.83 bits per heavy atom. The van der Waals surface area contributed by atoms with Crippen LogP contribution in [0.15, 0.2) is 46.7 Å². The molecule has 2 rings (SSSR count). The van der Waals surface area contributed by atoms with Crippen LogP contribution in [0.3, 0.4) is 0 Å². The topological polar surface area (TPSA) is 73.8 Å². The fraction of sp³-hybridized carbons (Fsp3) is 0.250. The van der Waals surface area contributed by atoms with Crippen LogP contribution in [0, 0.1) is 0 Å². The minimum Gasteiger partial charge on any atom is -0.398 e. The predicted octanol–water partition coefficient (Wildman–Crippen LogP) is 1.40. The molecule has 0 saturated heterocycles. The fourth-order valence-corrected chi connectivity index (χ4v) is 2.21. The fourth-order valence-electron chi connectivity index (χ4n) is 1.48. The number of anilines is 1. The average molecular weight is 262 g/mol. The highest BCUT2D eigenvalue weighted by molar-refractivity contribution is 7.99. The van der Waals surface area contributed by atoms with Gasteiger partial charge in [0.25, 0.3) is 5.56 Å². The van der Waals surface area contributed by atoms with Crippen LogP contribution in [-0.2, 0) is 6.54 Å². The molecule has 0 unspecified atom stereocenters. The molecule has 0 bridgehead atoms. The SMILES string of the molecule is Nc1ccc(=O)n(CCCSc2ncccn2)c1. The van der Waals surface area contributed by atoms with E-state index in [-0.39, 0.29) is 5.56 Å². The first-order valence-corrected chi connectivity index (χ1v) is 6.60. The summed E-state index contributed by atoms with van der Waals surface area (Å²) in [6.07, 6.45) is 5.98. The quantitative estimate of drug-likeness (QED) is 0.501. The van der Waals surface area contributed by atoms with E-state index in [4.69, 9.17) is 5.73 Å². The van der Waals surface area contributed by atoms with Gasteiger partial charge in [-0.3, -0.25) is 4.79 Å². The summed E-state index contributed by atoms with van der Waals surface area (Å²) in [5.41, 5.74) is 6.22. The third kappa shape index (κ3) is 3.59. The summed E-state index contributed by atoms with van der Waals surface area (Å²) in [5, 5.41) is 0.762. The summed E-state index contributed by atoms with van der Waals surface area (Å²) in [4.78, 5) is 19.7. The van der Waals surface area contributed by atoms with Crippen molar-refractivity contribution in [1.82, 2.24) is 14.5 Å². The lowest BCUT2D eigenvalue weighted by molar-refractivity contribution is 0.659. The van der Waals surface area contributed by atoms with Crippen LogP contribution in [0.1, 0.15) is 6.42 Å². The standard InChI is InChI=1S/C12H14N4OS/c13-10-3-4-11(17)16(9-10)7-2-8-18-12-14-5-1-6-15-12/h1,3-6,9H,2,7-8,13H2. The Kier molecular flexibility index (Phi) is 4.35. The van der Waals surface area contributed by atoms with E-state index in [1.165, 1.54) is 6.07 Å². The van der Waals surface area contributed by atoms with Gasteiger partial charge in [-0.2, -0.15) is 0 Å². The van der Waals surface area contributed by atoms with Gasteiger partial charge in [-0.1, -0.05) is 11.8 Å². The summed E-state index contributed by atoms with van der Waals surface area (Å²) >= 11 is 1.58. The number of rotatable bonds is 5. The Hall–Kier alpha value is -1.82. The van der Waals surface area contributed by atoms with Gasteiger partial charge < -0.3 is 10.3 Å². The normalized spacial score (nSPS) is 10.4. The van der Waals surface area contributed by atoms with Gasteiger partial charge in [0.2, 0.25) is 0 Å². The van der Waals surface area contributed by atoms with E-state index in [9.17, 15) is 4.79 Å². The molecule has 5 nitrogen and oxygen atoms in total. The molecule has 94 valence electrons. The second-order valence-corrected chi connectivity index (χ2v) is 4.79. The summed E-state index contributed by atoms with van der Waals surface area (Å²) in [6.45, 7) is 0.656. The zero-order valence-corrected chi connectivity index (χ0v) is 10.6. The van der Waals surface area contributed by atoms with Crippen molar-refractivity contribution >= 4 is 17.4 Å². The summed E-state index contributed by atoms with van der Waals surface area (Å²) in [5.74, 6) is 0.866. The Morgan fingerprint density at radius 1 is 1.28 bits per heavy atom. The van der Waals surface area contributed by atoms with Crippen LogP contribution >= 0.6 is 11.8 Å². The van der Waals surface area contributed by atoms with Gasteiger partial charge in [0.05, 0.1) is 0 Å². The van der Waals surface area contributed by atoms with Gasteiger partial charge in [-0.05, 0) is 18.6 Å². The monoisotopic (exact) mass is 262 g/mol. The first-order valence-electron chi connectivity index (χ1n) is 5.61. The predicted molar refractivity (Wildman–Crippen MR) is 72.5 cm³/mol. The molecule has 0 saturated carbocycles. The molecule has 2 aromatic heterocycles. The van der Waals surface area contributed by atoms with Crippen molar-refractivity contribution in [2.24, 2.45) is 0 Å². The van der Waals surface area contributed by atoms with Gasteiger partial charge in [0.1, 0.15) is 0 Å². The largest absolute Gasteiger partial charge is 0.398 e. The molecular formula is C12H14N4OS. The first kappa shape index (κ1) is 12.6. The molecule has 2 N–H and O–H groups in total. The molecule has 2 aromatic rings. The van der Waals surface area contributed by atoms with Crippen molar-refractivity contribution in [3.05, 3.63) is 47.1 Å². The zero-order chi connectivity index (χ0) is 12.8. The molecule has 2 heterocycles. The summed E-state index contributed by atoms with van der Waals surface area (Å²) < 4.78 is 1.63. The van der Waals surface area contributed by atoms with Crippen LogP contribution in [0.25, 0.3) is 0 Å². The number of aryl methyl sites for hydroxylation is 1. The smallest absolute Gasteiger partial charge is 0.250 e. The molecule has 0 aliphatic heterocycles. The number of aromatic nitrogens is 3. The van der Waals surface area contributed by atoms with Gasteiger partial charge >= 0.3 is 0 Å². The number of nitrogens with zero attached hydrogens (tertiary/aromatic N) is 3. The highest BCUT2D eigenvalue weighted by Crippen LogP contribution is 2.12. The Morgan fingerprint density at radius 2 is 2.06 bits per heavy atom. The molecule has 0 atom stereocenters.